The number of hydrogen-bond acceptors (Lipinski definition) is 4. The van der Waals surface area contributed by atoms with Gasteiger partial charge >= 0.3 is 6.18 Å². The summed E-state index contributed by atoms with van der Waals surface area (Å²) in [6, 6.07) is 9.49. The zero-order valence-electron chi connectivity index (χ0n) is 10.6. The largest absolute Gasteiger partial charge is 0.438 e. The van der Waals surface area contributed by atoms with Crippen LogP contribution >= 0.6 is 0 Å². The monoisotopic (exact) mass is 294 g/mol. The van der Waals surface area contributed by atoms with Crippen molar-refractivity contribution < 1.29 is 23.0 Å². The number of pyridine rings is 1. The molecule has 0 saturated carbocycles. The van der Waals surface area contributed by atoms with Crippen LogP contribution in [0.5, 0.6) is 11.6 Å². The van der Waals surface area contributed by atoms with Crippen LogP contribution in [0.2, 0.25) is 0 Å². The Bertz CT molecular complexity index is 676. The van der Waals surface area contributed by atoms with Gasteiger partial charge in [0.2, 0.25) is 5.88 Å². The van der Waals surface area contributed by atoms with Crippen molar-refractivity contribution in [3.8, 4) is 17.7 Å². The average molecular weight is 294 g/mol. The zero-order chi connectivity index (χ0) is 15.5. The summed E-state index contributed by atoms with van der Waals surface area (Å²) in [7, 11) is 0. The van der Waals surface area contributed by atoms with Gasteiger partial charge in [-0.1, -0.05) is 12.1 Å². The number of aliphatic hydroxyl groups excluding tert-OH is 1. The number of nitrogens with zero attached hydrogens (tertiary/aromatic N) is 2. The van der Waals surface area contributed by atoms with Gasteiger partial charge in [-0.05, 0) is 29.8 Å². The molecule has 21 heavy (non-hydrogen) atoms. The third kappa shape index (κ3) is 3.49. The number of rotatable bonds is 3. The molecule has 4 nitrogen and oxygen atoms in total. The Morgan fingerprint density at radius 1 is 1.14 bits per heavy atom. The van der Waals surface area contributed by atoms with E-state index in [9.17, 15) is 13.2 Å². The molecule has 0 atom stereocenters. The minimum atomic E-state index is -4.62. The summed E-state index contributed by atoms with van der Waals surface area (Å²) in [4.78, 5) is 3.33. The van der Waals surface area contributed by atoms with E-state index in [2.05, 4.69) is 4.98 Å². The molecule has 1 heterocycles. The number of aliphatic hydroxyl groups is 1. The lowest BCUT2D eigenvalue weighted by molar-refractivity contribution is -0.141. The van der Waals surface area contributed by atoms with Crippen molar-refractivity contribution >= 4 is 0 Å². The Hall–Kier alpha value is -2.59. The van der Waals surface area contributed by atoms with Crippen LogP contribution < -0.4 is 4.74 Å². The molecule has 1 N–H and O–H groups in total. The summed E-state index contributed by atoms with van der Waals surface area (Å²) in [5.74, 6) is -0.195. The molecule has 0 saturated heterocycles. The summed E-state index contributed by atoms with van der Waals surface area (Å²) >= 11 is 0. The van der Waals surface area contributed by atoms with E-state index < -0.39 is 17.8 Å². The van der Waals surface area contributed by atoms with Gasteiger partial charge < -0.3 is 9.84 Å². The topological polar surface area (TPSA) is 66.1 Å². The highest BCUT2D eigenvalue weighted by Gasteiger charge is 2.33. The lowest BCUT2D eigenvalue weighted by Crippen LogP contribution is -2.09. The van der Waals surface area contributed by atoms with Crippen LogP contribution in [0.3, 0.4) is 0 Å². The van der Waals surface area contributed by atoms with E-state index in [4.69, 9.17) is 15.1 Å². The van der Waals surface area contributed by atoms with Crippen molar-refractivity contribution in [2.75, 3.05) is 0 Å². The molecule has 0 bridgehead atoms. The van der Waals surface area contributed by atoms with E-state index in [1.54, 1.807) is 18.2 Å². The number of benzene rings is 1. The highest BCUT2D eigenvalue weighted by Crippen LogP contribution is 2.31. The molecule has 108 valence electrons. The molecule has 0 amide bonds. The van der Waals surface area contributed by atoms with Crippen LogP contribution in [-0.4, -0.2) is 10.1 Å². The van der Waals surface area contributed by atoms with Crippen molar-refractivity contribution in [1.29, 1.82) is 5.26 Å². The van der Waals surface area contributed by atoms with Crippen molar-refractivity contribution in [2.45, 2.75) is 12.8 Å². The molecule has 0 aliphatic rings. The van der Waals surface area contributed by atoms with E-state index in [-0.39, 0.29) is 17.9 Å². The second-order valence-corrected chi connectivity index (χ2v) is 4.06. The fourth-order valence-electron chi connectivity index (χ4n) is 1.54. The maximum absolute atomic E-state index is 12.6. The number of alkyl halides is 3. The second-order valence-electron chi connectivity index (χ2n) is 4.06. The number of nitriles is 1. The highest BCUT2D eigenvalue weighted by molar-refractivity contribution is 5.42. The Morgan fingerprint density at radius 3 is 2.33 bits per heavy atom. The first-order valence-corrected chi connectivity index (χ1v) is 5.80. The van der Waals surface area contributed by atoms with Gasteiger partial charge in [0.25, 0.3) is 0 Å². The zero-order valence-corrected chi connectivity index (χ0v) is 10.6. The van der Waals surface area contributed by atoms with E-state index in [0.29, 0.717) is 5.56 Å². The van der Waals surface area contributed by atoms with Crippen molar-refractivity contribution in [2.24, 2.45) is 0 Å². The summed E-state index contributed by atoms with van der Waals surface area (Å²) < 4.78 is 43.1. The van der Waals surface area contributed by atoms with Crippen LogP contribution in [0.1, 0.15) is 16.8 Å². The van der Waals surface area contributed by atoms with Gasteiger partial charge in [-0.15, -0.1) is 0 Å². The van der Waals surface area contributed by atoms with Crippen molar-refractivity contribution in [3.05, 3.63) is 53.2 Å². The Balaban J connectivity index is 2.35. The van der Waals surface area contributed by atoms with Gasteiger partial charge in [0.1, 0.15) is 23.1 Å². The molecule has 1 aromatic carbocycles. The molecule has 7 heteroatoms. The first-order valence-electron chi connectivity index (χ1n) is 5.80. The van der Waals surface area contributed by atoms with Crippen molar-refractivity contribution in [3.63, 3.8) is 0 Å². The maximum Gasteiger partial charge on any atom is 0.433 e. The fourth-order valence-corrected chi connectivity index (χ4v) is 1.54. The minimum Gasteiger partial charge on any atom is -0.438 e. The fraction of sp³-hybridized carbons (Fsp3) is 0.143. The summed E-state index contributed by atoms with van der Waals surface area (Å²) in [6.45, 7) is -0.161. The smallest absolute Gasteiger partial charge is 0.433 e. The summed E-state index contributed by atoms with van der Waals surface area (Å²) in [5, 5.41) is 17.8. The Labute approximate surface area is 118 Å². The molecule has 1 aromatic heterocycles. The minimum absolute atomic E-state index is 0.103. The number of aromatic nitrogens is 1. The SMILES string of the molecule is N#Cc1ccc(C(F)(F)F)nc1Oc1ccc(CO)cc1. The normalized spacial score (nSPS) is 11.0. The summed E-state index contributed by atoms with van der Waals surface area (Å²) in [6.07, 6.45) is -4.62. The Kier molecular flexibility index (Phi) is 4.10. The van der Waals surface area contributed by atoms with E-state index in [1.165, 1.54) is 12.1 Å². The molecule has 0 radical (unpaired) electrons. The van der Waals surface area contributed by atoms with E-state index >= 15 is 0 Å². The molecule has 0 spiro atoms. The maximum atomic E-state index is 12.6. The van der Waals surface area contributed by atoms with Gasteiger partial charge in [0, 0.05) is 0 Å². The van der Waals surface area contributed by atoms with E-state index in [0.717, 1.165) is 12.1 Å². The number of halogens is 3. The van der Waals surface area contributed by atoms with Gasteiger partial charge in [0.05, 0.1) is 6.61 Å². The molecule has 0 aliphatic carbocycles. The Morgan fingerprint density at radius 2 is 1.81 bits per heavy atom. The average Bonchev–Trinajstić information content (AvgIpc) is 2.47. The third-order valence-electron chi connectivity index (χ3n) is 2.59. The standard InChI is InChI=1S/C14H9F3N2O2/c15-14(16,17)12-6-3-10(7-18)13(19-12)21-11-4-1-9(8-20)2-5-11/h1-6,20H,8H2. The van der Waals surface area contributed by atoms with Gasteiger partial charge in [-0.25, -0.2) is 4.98 Å². The van der Waals surface area contributed by atoms with Gasteiger partial charge in [-0.2, -0.15) is 18.4 Å². The van der Waals surface area contributed by atoms with Crippen LogP contribution in [0.25, 0.3) is 0 Å². The van der Waals surface area contributed by atoms with E-state index in [1.807, 2.05) is 0 Å². The second kappa shape index (κ2) is 5.81. The van der Waals surface area contributed by atoms with Crippen LogP contribution in [0.4, 0.5) is 13.2 Å². The predicted octanol–water partition coefficient (Wildman–Crippen LogP) is 3.26. The lowest BCUT2D eigenvalue weighted by atomic mass is 10.2. The molecular weight excluding hydrogens is 285 g/mol. The molecule has 2 rings (SSSR count). The van der Waals surface area contributed by atoms with Crippen LogP contribution in [0.15, 0.2) is 36.4 Å². The molecule has 0 aliphatic heterocycles. The molecule has 2 aromatic rings. The number of ether oxygens (including phenoxy) is 1. The first kappa shape index (κ1) is 14.8. The van der Waals surface area contributed by atoms with Gasteiger partial charge in [-0.3, -0.25) is 0 Å². The van der Waals surface area contributed by atoms with Crippen LogP contribution in [-0.2, 0) is 12.8 Å². The predicted molar refractivity (Wildman–Crippen MR) is 66.4 cm³/mol. The highest BCUT2D eigenvalue weighted by atomic mass is 19.4. The molecule has 0 fully saturated rings. The summed E-state index contributed by atoms with van der Waals surface area (Å²) in [5.41, 5.74) is -0.613. The molecular formula is C14H9F3N2O2. The third-order valence-corrected chi connectivity index (χ3v) is 2.59. The number of hydrogen-bond donors (Lipinski definition) is 1. The molecule has 0 unspecified atom stereocenters. The van der Waals surface area contributed by atoms with Crippen molar-refractivity contribution in [1.82, 2.24) is 4.98 Å². The lowest BCUT2D eigenvalue weighted by Gasteiger charge is -2.10. The quantitative estimate of drug-likeness (QED) is 0.943. The van der Waals surface area contributed by atoms with Crippen LogP contribution in [0, 0.1) is 11.3 Å². The van der Waals surface area contributed by atoms with Gasteiger partial charge in [0.15, 0.2) is 0 Å². The first-order chi connectivity index (χ1) is 9.94.